The molecule has 5 N–H and O–H groups in total. The van der Waals surface area contributed by atoms with Crippen LogP contribution in [0.25, 0.3) is 0 Å². The van der Waals surface area contributed by atoms with Gasteiger partial charge in [-0.05, 0) is 42.5 Å². The van der Waals surface area contributed by atoms with Gasteiger partial charge in [-0.3, -0.25) is 10.4 Å². The second-order valence-corrected chi connectivity index (χ2v) is 6.80. The summed E-state index contributed by atoms with van der Waals surface area (Å²) in [5.41, 5.74) is 15.3. The number of aromatic amines is 1. The third-order valence-corrected chi connectivity index (χ3v) is 4.69. The lowest BCUT2D eigenvalue weighted by molar-refractivity contribution is 0.582. The second kappa shape index (κ2) is 11.0. The first-order valence-electron chi connectivity index (χ1n) is 9.79. The molecule has 0 aliphatic rings. The van der Waals surface area contributed by atoms with Crippen LogP contribution in [0.15, 0.2) is 72.1 Å². The minimum Gasteiger partial charge on any atom is -0.369 e. The second-order valence-electron chi connectivity index (χ2n) is 6.80. The molecule has 0 saturated heterocycles. The number of aliphatic imine (C=N–C) groups is 1. The number of nitrogens with one attached hydrogen (secondary N) is 3. The van der Waals surface area contributed by atoms with Crippen LogP contribution in [0.5, 0.6) is 0 Å². The zero-order valence-corrected chi connectivity index (χ0v) is 16.3. The highest BCUT2D eigenvalue weighted by Crippen LogP contribution is 2.27. The van der Waals surface area contributed by atoms with Gasteiger partial charge in [-0.2, -0.15) is 0 Å². The number of aryl methyl sites for hydroxylation is 1. The molecular weight excluding hydrogens is 367 g/mol. The molecule has 6 nitrogen and oxygen atoms in total. The van der Waals surface area contributed by atoms with Crippen LogP contribution in [0.2, 0.25) is 0 Å². The van der Waals surface area contributed by atoms with E-state index < -0.39 is 0 Å². The molecule has 0 spiro atoms. The van der Waals surface area contributed by atoms with E-state index in [0.29, 0.717) is 19.0 Å². The number of hydrogen-bond acceptors (Lipinski definition) is 3. The van der Waals surface area contributed by atoms with Gasteiger partial charge in [0.05, 0.1) is 6.33 Å². The Bertz CT molecular complexity index is 862. The van der Waals surface area contributed by atoms with Crippen molar-refractivity contribution in [2.75, 3.05) is 13.1 Å². The van der Waals surface area contributed by atoms with E-state index in [4.69, 9.17) is 5.73 Å². The van der Waals surface area contributed by atoms with E-state index in [0.717, 1.165) is 30.5 Å². The van der Waals surface area contributed by atoms with E-state index in [2.05, 4.69) is 37.9 Å². The Morgan fingerprint density at radius 1 is 1.10 bits per heavy atom. The first kappa shape index (κ1) is 20.5. The fourth-order valence-corrected chi connectivity index (χ4v) is 3.21. The molecule has 0 amide bonds. The summed E-state index contributed by atoms with van der Waals surface area (Å²) in [6.07, 6.45) is 6.10. The van der Waals surface area contributed by atoms with Crippen molar-refractivity contribution < 1.29 is 4.39 Å². The van der Waals surface area contributed by atoms with Gasteiger partial charge in [0.15, 0.2) is 0 Å². The van der Waals surface area contributed by atoms with Gasteiger partial charge in [0.2, 0.25) is 5.96 Å². The van der Waals surface area contributed by atoms with Gasteiger partial charge >= 0.3 is 0 Å². The van der Waals surface area contributed by atoms with E-state index in [-0.39, 0.29) is 11.7 Å². The molecule has 1 aromatic heterocycles. The highest BCUT2D eigenvalue weighted by Gasteiger charge is 2.13. The summed E-state index contributed by atoms with van der Waals surface area (Å²) in [6, 6.07) is 16.9. The molecule has 152 valence electrons. The summed E-state index contributed by atoms with van der Waals surface area (Å²) in [4.78, 5) is 11.4. The Hall–Kier alpha value is -3.19. The number of imidazole rings is 1. The van der Waals surface area contributed by atoms with E-state index >= 15 is 0 Å². The van der Waals surface area contributed by atoms with E-state index in [9.17, 15) is 4.39 Å². The first-order chi connectivity index (χ1) is 14.2. The number of H-pyrrole nitrogens is 1. The Labute approximate surface area is 170 Å². The van der Waals surface area contributed by atoms with Crippen molar-refractivity contribution in [1.29, 1.82) is 0 Å². The summed E-state index contributed by atoms with van der Waals surface area (Å²) < 4.78 is 13.3. The molecule has 0 bridgehead atoms. The maximum Gasteiger partial charge on any atom is 0.203 e. The number of aromatic nitrogens is 2. The van der Waals surface area contributed by atoms with Crippen LogP contribution >= 0.6 is 0 Å². The summed E-state index contributed by atoms with van der Waals surface area (Å²) in [7, 11) is 0. The normalized spacial score (nSPS) is 12.7. The van der Waals surface area contributed by atoms with Crippen molar-refractivity contribution in [1.82, 2.24) is 20.8 Å². The molecule has 0 aliphatic heterocycles. The molecular formula is C22H27FN6. The smallest absolute Gasteiger partial charge is 0.203 e. The average Bonchev–Trinajstić information content (AvgIpc) is 3.26. The number of nitrogens with zero attached hydrogens (tertiary/aromatic N) is 2. The van der Waals surface area contributed by atoms with Crippen LogP contribution in [-0.2, 0) is 6.42 Å². The molecule has 0 fully saturated rings. The van der Waals surface area contributed by atoms with Crippen molar-refractivity contribution in [3.05, 3.63) is 89.8 Å². The standard InChI is InChI=1S/C22H27FN6/c23-19-10-8-18(9-11-19)21(17-5-2-1-3-6-17)12-14-28-29-22(24)26-13-4-7-20-15-25-16-27-20/h1-3,5-6,8-11,15-16,21,28H,4,7,12-14H2,(H,25,27)(H3,24,26,29). The molecule has 0 radical (unpaired) electrons. The van der Waals surface area contributed by atoms with Gasteiger partial charge in [0.1, 0.15) is 5.82 Å². The summed E-state index contributed by atoms with van der Waals surface area (Å²) in [5, 5.41) is 0. The predicted molar refractivity (Wildman–Crippen MR) is 114 cm³/mol. The number of rotatable bonds is 10. The maximum absolute atomic E-state index is 13.3. The number of hydrogen-bond donors (Lipinski definition) is 4. The zero-order valence-electron chi connectivity index (χ0n) is 16.3. The van der Waals surface area contributed by atoms with E-state index in [1.165, 1.54) is 17.7 Å². The number of nitrogens with two attached hydrogens (primary N) is 1. The largest absolute Gasteiger partial charge is 0.369 e. The lowest BCUT2D eigenvalue weighted by Crippen LogP contribution is -2.43. The molecule has 29 heavy (non-hydrogen) atoms. The maximum atomic E-state index is 13.3. The third-order valence-electron chi connectivity index (χ3n) is 4.69. The fourth-order valence-electron chi connectivity index (χ4n) is 3.21. The molecule has 1 unspecified atom stereocenters. The zero-order chi connectivity index (χ0) is 20.3. The van der Waals surface area contributed by atoms with E-state index in [1.54, 1.807) is 6.33 Å². The van der Waals surface area contributed by atoms with Gasteiger partial charge in [0, 0.05) is 30.9 Å². The monoisotopic (exact) mass is 394 g/mol. The van der Waals surface area contributed by atoms with Gasteiger partial charge < -0.3 is 10.7 Å². The van der Waals surface area contributed by atoms with Gasteiger partial charge in [-0.1, -0.05) is 42.5 Å². The average molecular weight is 394 g/mol. The Kier molecular flexibility index (Phi) is 7.77. The first-order valence-corrected chi connectivity index (χ1v) is 9.79. The van der Waals surface area contributed by atoms with Crippen molar-refractivity contribution in [2.24, 2.45) is 10.7 Å². The van der Waals surface area contributed by atoms with Crippen LogP contribution in [0.4, 0.5) is 4.39 Å². The Balaban J connectivity index is 1.45. The van der Waals surface area contributed by atoms with Crippen molar-refractivity contribution in [2.45, 2.75) is 25.2 Å². The highest BCUT2D eigenvalue weighted by molar-refractivity contribution is 5.77. The lowest BCUT2D eigenvalue weighted by Gasteiger charge is -2.19. The van der Waals surface area contributed by atoms with Crippen LogP contribution in [0.1, 0.15) is 35.6 Å². The van der Waals surface area contributed by atoms with Crippen LogP contribution in [-0.4, -0.2) is 29.0 Å². The summed E-state index contributed by atoms with van der Waals surface area (Å²) in [6.45, 7) is 1.32. The quantitative estimate of drug-likeness (QED) is 0.184. The van der Waals surface area contributed by atoms with Gasteiger partial charge in [-0.25, -0.2) is 14.8 Å². The SMILES string of the molecule is NC(=NCCCc1cnc[nH]1)NNCCC(c1ccccc1)c1ccc(F)cc1. The minimum absolute atomic E-state index is 0.165. The number of guanidine groups is 1. The van der Waals surface area contributed by atoms with Crippen LogP contribution in [0, 0.1) is 5.82 Å². The van der Waals surface area contributed by atoms with Gasteiger partial charge in [0.25, 0.3) is 0 Å². The Morgan fingerprint density at radius 3 is 2.59 bits per heavy atom. The fraction of sp³-hybridized carbons (Fsp3) is 0.273. The van der Waals surface area contributed by atoms with Crippen molar-refractivity contribution >= 4 is 5.96 Å². The predicted octanol–water partition coefficient (Wildman–Crippen LogP) is 3.11. The van der Waals surface area contributed by atoms with Gasteiger partial charge in [-0.15, -0.1) is 0 Å². The third kappa shape index (κ3) is 6.73. The van der Waals surface area contributed by atoms with E-state index in [1.807, 2.05) is 36.5 Å². The highest BCUT2D eigenvalue weighted by atomic mass is 19.1. The number of hydrazine groups is 1. The van der Waals surface area contributed by atoms with Crippen molar-refractivity contribution in [3.8, 4) is 0 Å². The van der Waals surface area contributed by atoms with Crippen LogP contribution < -0.4 is 16.6 Å². The molecule has 0 aliphatic carbocycles. The molecule has 1 heterocycles. The molecule has 2 aromatic carbocycles. The molecule has 7 heteroatoms. The van der Waals surface area contributed by atoms with Crippen molar-refractivity contribution in [3.63, 3.8) is 0 Å². The lowest BCUT2D eigenvalue weighted by atomic mass is 9.88. The Morgan fingerprint density at radius 2 is 1.86 bits per heavy atom. The topological polar surface area (TPSA) is 91.1 Å². The number of benzene rings is 2. The molecule has 0 saturated carbocycles. The number of halogens is 1. The summed E-state index contributed by atoms with van der Waals surface area (Å²) in [5.74, 6) is 0.309. The summed E-state index contributed by atoms with van der Waals surface area (Å²) >= 11 is 0. The molecule has 3 aromatic rings. The molecule has 3 rings (SSSR count). The van der Waals surface area contributed by atoms with Crippen LogP contribution in [0.3, 0.4) is 0 Å². The molecule has 1 atom stereocenters. The minimum atomic E-state index is -0.225.